The Kier molecular flexibility index (Phi) is 5.86. The first-order valence-electron chi connectivity index (χ1n) is 5.65. The lowest BCUT2D eigenvalue weighted by Crippen LogP contribution is -2.18. The fourth-order valence-electron chi connectivity index (χ4n) is 1.37. The van der Waals surface area contributed by atoms with Gasteiger partial charge in [0.05, 0.1) is 11.5 Å². The lowest BCUT2D eigenvalue weighted by Gasteiger charge is -2.07. The summed E-state index contributed by atoms with van der Waals surface area (Å²) < 4.78 is 11.8. The number of rotatable bonds is 6. The van der Waals surface area contributed by atoms with E-state index < -0.39 is 10.8 Å². The quantitative estimate of drug-likeness (QED) is 0.797. The molecule has 0 aliphatic heterocycles. The molecule has 2 atom stereocenters. The number of hydrogen-bond acceptors (Lipinski definition) is 2. The van der Waals surface area contributed by atoms with Gasteiger partial charge in [0.2, 0.25) is 0 Å². The number of Topliss-reactive ketones (excluding diaryl/α,β-unsaturated/α-hetero) is 1. The minimum absolute atomic E-state index is 0.00908. The van der Waals surface area contributed by atoms with Crippen LogP contribution < -0.4 is 0 Å². The molecular formula is C13H17ClO2S. The van der Waals surface area contributed by atoms with E-state index in [1.165, 1.54) is 0 Å². The molecule has 0 N–H and O–H groups in total. The number of carbonyl (C=O) groups excluding carboxylic acids is 1. The van der Waals surface area contributed by atoms with Crippen molar-refractivity contribution in [3.05, 3.63) is 34.9 Å². The van der Waals surface area contributed by atoms with Gasteiger partial charge in [-0.05, 0) is 18.1 Å². The van der Waals surface area contributed by atoms with Crippen molar-refractivity contribution in [1.29, 1.82) is 0 Å². The summed E-state index contributed by atoms with van der Waals surface area (Å²) in [7, 11) is -1.17. The Hall–Kier alpha value is -0.670. The Morgan fingerprint density at radius 3 is 2.65 bits per heavy atom. The van der Waals surface area contributed by atoms with Crippen LogP contribution >= 0.6 is 11.6 Å². The number of ketones is 1. The summed E-state index contributed by atoms with van der Waals surface area (Å²) in [5.41, 5.74) is 0.837. The van der Waals surface area contributed by atoms with Gasteiger partial charge >= 0.3 is 0 Å². The van der Waals surface area contributed by atoms with Crippen LogP contribution in [0.4, 0.5) is 0 Å². The molecule has 1 aromatic carbocycles. The normalized spacial score (nSPS) is 14.3. The van der Waals surface area contributed by atoms with Gasteiger partial charge in [0.25, 0.3) is 0 Å². The Balaban J connectivity index is 2.56. The summed E-state index contributed by atoms with van der Waals surface area (Å²) in [5, 5.41) is 0.608. The maximum atomic E-state index is 11.8. The van der Waals surface area contributed by atoms with E-state index in [0.29, 0.717) is 10.8 Å². The highest BCUT2D eigenvalue weighted by Gasteiger charge is 2.15. The van der Waals surface area contributed by atoms with Crippen molar-refractivity contribution in [3.8, 4) is 0 Å². The van der Waals surface area contributed by atoms with Gasteiger partial charge in [-0.3, -0.25) is 9.00 Å². The molecule has 0 radical (unpaired) electrons. The summed E-state index contributed by atoms with van der Waals surface area (Å²) in [4.78, 5) is 11.6. The first kappa shape index (κ1) is 14.4. The molecule has 0 bridgehead atoms. The van der Waals surface area contributed by atoms with Crippen LogP contribution in [0.3, 0.4) is 0 Å². The highest BCUT2D eigenvalue weighted by molar-refractivity contribution is 7.84. The molecule has 17 heavy (non-hydrogen) atoms. The van der Waals surface area contributed by atoms with E-state index in [4.69, 9.17) is 11.6 Å². The largest absolute Gasteiger partial charge is 0.298 e. The molecule has 4 heteroatoms. The minimum Gasteiger partial charge on any atom is -0.298 e. The summed E-state index contributed by atoms with van der Waals surface area (Å²) in [6.07, 6.45) is 0.794. The second-order valence-electron chi connectivity index (χ2n) is 4.10. The molecule has 0 aliphatic carbocycles. The van der Waals surface area contributed by atoms with Crippen molar-refractivity contribution in [2.24, 2.45) is 5.92 Å². The number of benzene rings is 1. The summed E-state index contributed by atoms with van der Waals surface area (Å²) >= 11 is 5.98. The van der Waals surface area contributed by atoms with Gasteiger partial charge in [0, 0.05) is 21.7 Å². The minimum atomic E-state index is -1.17. The lowest BCUT2D eigenvalue weighted by atomic mass is 10.1. The van der Waals surface area contributed by atoms with Crippen LogP contribution in [0.5, 0.6) is 0 Å². The molecule has 0 aromatic heterocycles. The van der Waals surface area contributed by atoms with Crippen molar-refractivity contribution >= 4 is 28.2 Å². The Morgan fingerprint density at radius 1 is 1.41 bits per heavy atom. The second-order valence-corrected chi connectivity index (χ2v) is 5.96. The van der Waals surface area contributed by atoms with Crippen LogP contribution in [0.15, 0.2) is 24.3 Å². The van der Waals surface area contributed by atoms with Crippen LogP contribution in [0.25, 0.3) is 0 Å². The zero-order valence-electron chi connectivity index (χ0n) is 10.1. The van der Waals surface area contributed by atoms with Crippen molar-refractivity contribution in [1.82, 2.24) is 0 Å². The van der Waals surface area contributed by atoms with Gasteiger partial charge in [-0.2, -0.15) is 0 Å². The average molecular weight is 273 g/mol. The molecule has 0 saturated carbocycles. The van der Waals surface area contributed by atoms with E-state index in [0.717, 1.165) is 12.0 Å². The van der Waals surface area contributed by atoms with E-state index in [-0.39, 0.29) is 17.5 Å². The predicted molar refractivity (Wildman–Crippen MR) is 72.6 cm³/mol. The van der Waals surface area contributed by atoms with Crippen LogP contribution in [0.2, 0.25) is 5.02 Å². The average Bonchev–Trinajstić information content (AvgIpc) is 2.31. The van der Waals surface area contributed by atoms with E-state index in [1.807, 2.05) is 32.0 Å². The number of hydrogen-bond donors (Lipinski definition) is 0. The highest BCUT2D eigenvalue weighted by atomic mass is 35.5. The maximum absolute atomic E-state index is 11.8. The molecule has 1 rings (SSSR count). The van der Waals surface area contributed by atoms with Crippen molar-refractivity contribution in [2.75, 3.05) is 5.75 Å². The van der Waals surface area contributed by atoms with Crippen LogP contribution in [-0.4, -0.2) is 15.7 Å². The monoisotopic (exact) mass is 272 g/mol. The Bertz CT molecular complexity index is 418. The van der Waals surface area contributed by atoms with Crippen LogP contribution in [0.1, 0.15) is 25.8 Å². The van der Waals surface area contributed by atoms with Crippen molar-refractivity contribution < 1.29 is 9.00 Å². The summed E-state index contributed by atoms with van der Waals surface area (Å²) in [6, 6.07) is 7.30. The predicted octanol–water partition coefficient (Wildman–Crippen LogP) is 3.20. The molecule has 2 nitrogen and oxygen atoms in total. The third-order valence-electron chi connectivity index (χ3n) is 2.74. The molecule has 2 unspecified atom stereocenters. The standard InChI is InChI=1S/C13H17ClO2S/c1-3-10(2)13(15)9-17(16)8-11-6-4-5-7-12(11)14/h4-7,10H,3,8-9H2,1-2H3. The van der Waals surface area contributed by atoms with E-state index in [2.05, 4.69) is 0 Å². The third kappa shape index (κ3) is 4.60. The topological polar surface area (TPSA) is 34.1 Å². The zero-order valence-corrected chi connectivity index (χ0v) is 11.7. The van der Waals surface area contributed by atoms with Crippen molar-refractivity contribution in [2.45, 2.75) is 26.0 Å². The Morgan fingerprint density at radius 2 is 2.06 bits per heavy atom. The smallest absolute Gasteiger partial charge is 0.148 e. The molecule has 0 fully saturated rings. The van der Waals surface area contributed by atoms with Gasteiger partial charge in [-0.15, -0.1) is 0 Å². The number of carbonyl (C=O) groups is 1. The SMILES string of the molecule is CCC(C)C(=O)CS(=O)Cc1ccccc1Cl. The van der Waals surface area contributed by atoms with Gasteiger partial charge < -0.3 is 0 Å². The summed E-state index contributed by atoms with van der Waals surface area (Å²) in [6.45, 7) is 3.83. The fourth-order valence-corrected chi connectivity index (χ4v) is 2.95. The molecule has 94 valence electrons. The maximum Gasteiger partial charge on any atom is 0.148 e. The highest BCUT2D eigenvalue weighted by Crippen LogP contribution is 2.17. The van der Waals surface area contributed by atoms with Gasteiger partial charge in [-0.1, -0.05) is 43.6 Å². The molecule has 1 aromatic rings. The molecule has 0 aliphatic rings. The zero-order chi connectivity index (χ0) is 12.8. The van der Waals surface area contributed by atoms with Crippen molar-refractivity contribution in [3.63, 3.8) is 0 Å². The van der Waals surface area contributed by atoms with E-state index >= 15 is 0 Å². The molecule has 0 spiro atoms. The van der Waals surface area contributed by atoms with Crippen LogP contribution in [0, 0.1) is 5.92 Å². The Labute approximate surface area is 110 Å². The molecule has 0 saturated heterocycles. The fraction of sp³-hybridized carbons (Fsp3) is 0.462. The van der Waals surface area contributed by atoms with Gasteiger partial charge in [-0.25, -0.2) is 0 Å². The van der Waals surface area contributed by atoms with E-state index in [9.17, 15) is 9.00 Å². The number of halogens is 1. The van der Waals surface area contributed by atoms with Crippen LogP contribution in [-0.2, 0) is 21.3 Å². The van der Waals surface area contributed by atoms with Gasteiger partial charge in [0.15, 0.2) is 0 Å². The first-order chi connectivity index (χ1) is 8.04. The summed E-state index contributed by atoms with van der Waals surface area (Å²) in [5.74, 6) is 0.533. The lowest BCUT2D eigenvalue weighted by molar-refractivity contribution is -0.119. The first-order valence-corrected chi connectivity index (χ1v) is 7.52. The molecule has 0 heterocycles. The second kappa shape index (κ2) is 6.92. The third-order valence-corrected chi connectivity index (χ3v) is 4.35. The molecule has 0 amide bonds. The van der Waals surface area contributed by atoms with Gasteiger partial charge in [0.1, 0.15) is 5.78 Å². The molecular weight excluding hydrogens is 256 g/mol. The van der Waals surface area contributed by atoms with E-state index in [1.54, 1.807) is 6.07 Å².